The predicted molar refractivity (Wildman–Crippen MR) is 127 cm³/mol. The minimum atomic E-state index is -3.50. The third-order valence-electron chi connectivity index (χ3n) is 5.24. The number of sulfonamides is 1. The largest absolute Gasteiger partial charge is 0.345 e. The van der Waals surface area contributed by atoms with E-state index in [4.69, 9.17) is 4.98 Å². The van der Waals surface area contributed by atoms with Crippen LogP contribution in [0.3, 0.4) is 0 Å². The zero-order chi connectivity index (χ0) is 21.1. The summed E-state index contributed by atoms with van der Waals surface area (Å²) in [7, 11) is -3.50. The molecule has 4 rings (SSSR count). The van der Waals surface area contributed by atoms with Gasteiger partial charge in [-0.05, 0) is 40.0 Å². The van der Waals surface area contributed by atoms with E-state index in [1.807, 2.05) is 6.07 Å². The van der Waals surface area contributed by atoms with E-state index in [9.17, 15) is 8.42 Å². The Hall–Kier alpha value is -1.74. The van der Waals surface area contributed by atoms with Crippen molar-refractivity contribution in [3.63, 3.8) is 0 Å². The van der Waals surface area contributed by atoms with Gasteiger partial charge in [0, 0.05) is 41.6 Å². The second-order valence-corrected chi connectivity index (χ2v) is 10.9. The summed E-state index contributed by atoms with van der Waals surface area (Å²) in [5.41, 5.74) is 3.44. The molecule has 0 N–H and O–H groups in total. The highest BCUT2D eigenvalue weighted by atomic mass is 79.9. The van der Waals surface area contributed by atoms with E-state index in [0.29, 0.717) is 35.5 Å². The molecule has 1 aliphatic rings. The van der Waals surface area contributed by atoms with Gasteiger partial charge in [0.25, 0.3) is 0 Å². The number of rotatable bonds is 6. The van der Waals surface area contributed by atoms with E-state index in [1.165, 1.54) is 5.56 Å². The number of aromatic nitrogens is 1. The number of piperazine rings is 1. The maximum absolute atomic E-state index is 13.0. The number of benzene rings is 2. The van der Waals surface area contributed by atoms with Crippen molar-refractivity contribution in [3.8, 4) is 11.3 Å². The van der Waals surface area contributed by atoms with Gasteiger partial charge in [0.15, 0.2) is 5.13 Å². The first kappa shape index (κ1) is 21.5. The zero-order valence-electron chi connectivity index (χ0n) is 16.8. The first-order valence-corrected chi connectivity index (χ1v) is 13.1. The molecule has 1 saturated heterocycles. The fraction of sp³-hybridized carbons (Fsp3) is 0.318. The van der Waals surface area contributed by atoms with Crippen LogP contribution in [0, 0.1) is 0 Å². The van der Waals surface area contributed by atoms with Crippen molar-refractivity contribution >= 4 is 42.4 Å². The van der Waals surface area contributed by atoms with Crippen molar-refractivity contribution < 1.29 is 8.42 Å². The Balaban J connectivity index is 1.43. The molecule has 0 unspecified atom stereocenters. The van der Waals surface area contributed by atoms with Gasteiger partial charge in [-0.15, -0.1) is 11.3 Å². The van der Waals surface area contributed by atoms with E-state index in [0.717, 1.165) is 29.2 Å². The maximum Gasteiger partial charge on any atom is 0.244 e. The van der Waals surface area contributed by atoms with Crippen LogP contribution in [0.15, 0.2) is 63.3 Å². The maximum atomic E-state index is 13.0. The molecule has 8 heteroatoms. The Morgan fingerprint density at radius 2 is 1.73 bits per heavy atom. The van der Waals surface area contributed by atoms with Gasteiger partial charge in [0.05, 0.1) is 10.6 Å². The molecular formula is C22H24BrN3O2S2. The molecule has 0 bridgehead atoms. The molecule has 158 valence electrons. The standard InChI is InChI=1S/C22H24BrN3O2S2/c1-2-5-17-8-10-18(11-9-17)20-16-29-22(24-20)25-12-14-26(15-13-25)30(27,28)21-7-4-3-6-19(21)23/h3-4,6-11,16H,2,5,12-15H2,1H3. The molecule has 30 heavy (non-hydrogen) atoms. The molecule has 0 amide bonds. The van der Waals surface area contributed by atoms with E-state index in [-0.39, 0.29) is 0 Å². The molecule has 0 atom stereocenters. The number of thiazole rings is 1. The van der Waals surface area contributed by atoms with Crippen LogP contribution in [0.1, 0.15) is 18.9 Å². The summed E-state index contributed by atoms with van der Waals surface area (Å²) in [4.78, 5) is 7.30. The number of hydrogen-bond donors (Lipinski definition) is 0. The van der Waals surface area contributed by atoms with Gasteiger partial charge >= 0.3 is 0 Å². The van der Waals surface area contributed by atoms with E-state index in [2.05, 4.69) is 57.4 Å². The molecule has 2 aromatic carbocycles. The van der Waals surface area contributed by atoms with Crippen LogP contribution in [-0.4, -0.2) is 43.9 Å². The lowest BCUT2D eigenvalue weighted by molar-refractivity contribution is 0.384. The van der Waals surface area contributed by atoms with Gasteiger partial charge in [0.1, 0.15) is 0 Å². The Morgan fingerprint density at radius 3 is 2.40 bits per heavy atom. The van der Waals surface area contributed by atoms with Gasteiger partial charge < -0.3 is 4.90 Å². The molecule has 1 aliphatic heterocycles. The van der Waals surface area contributed by atoms with Crippen LogP contribution < -0.4 is 4.90 Å². The van der Waals surface area contributed by atoms with Gasteiger partial charge in [-0.25, -0.2) is 13.4 Å². The van der Waals surface area contributed by atoms with Crippen LogP contribution in [0.5, 0.6) is 0 Å². The van der Waals surface area contributed by atoms with Gasteiger partial charge in [-0.1, -0.05) is 49.7 Å². The lowest BCUT2D eigenvalue weighted by atomic mass is 10.1. The monoisotopic (exact) mass is 505 g/mol. The van der Waals surface area contributed by atoms with Crippen molar-refractivity contribution in [1.29, 1.82) is 0 Å². The van der Waals surface area contributed by atoms with Gasteiger partial charge in [-0.3, -0.25) is 0 Å². The summed E-state index contributed by atoms with van der Waals surface area (Å²) in [5, 5.41) is 3.02. The molecule has 0 aliphatic carbocycles. The molecule has 5 nitrogen and oxygen atoms in total. The fourth-order valence-corrected chi connectivity index (χ4v) is 6.86. The molecule has 1 aromatic heterocycles. The molecular weight excluding hydrogens is 482 g/mol. The van der Waals surface area contributed by atoms with Gasteiger partial charge in [0.2, 0.25) is 10.0 Å². The van der Waals surface area contributed by atoms with Crippen molar-refractivity contribution in [2.24, 2.45) is 0 Å². The summed E-state index contributed by atoms with van der Waals surface area (Å²) in [6.07, 6.45) is 2.23. The summed E-state index contributed by atoms with van der Waals surface area (Å²) in [6.45, 7) is 4.34. The Labute approximate surface area is 190 Å². The SMILES string of the molecule is CCCc1ccc(-c2csc(N3CCN(S(=O)(=O)c4ccccc4Br)CC3)n2)cc1. The molecule has 3 aromatic rings. The van der Waals surface area contributed by atoms with Crippen molar-refractivity contribution in [2.45, 2.75) is 24.7 Å². The number of aryl methyl sites for hydroxylation is 1. The highest BCUT2D eigenvalue weighted by Gasteiger charge is 2.30. The minimum Gasteiger partial charge on any atom is -0.345 e. The quantitative estimate of drug-likeness (QED) is 0.471. The van der Waals surface area contributed by atoms with E-state index < -0.39 is 10.0 Å². The molecule has 0 saturated carbocycles. The summed E-state index contributed by atoms with van der Waals surface area (Å²) >= 11 is 4.97. The fourth-order valence-electron chi connectivity index (χ4n) is 3.59. The number of hydrogen-bond acceptors (Lipinski definition) is 5. The lowest BCUT2D eigenvalue weighted by Crippen LogP contribution is -2.48. The number of nitrogens with zero attached hydrogens (tertiary/aromatic N) is 3. The third kappa shape index (κ3) is 4.46. The second-order valence-electron chi connectivity index (χ2n) is 7.28. The first-order chi connectivity index (χ1) is 14.5. The van der Waals surface area contributed by atoms with E-state index in [1.54, 1.807) is 33.8 Å². The van der Waals surface area contributed by atoms with Crippen LogP contribution in [0.2, 0.25) is 0 Å². The van der Waals surface area contributed by atoms with E-state index >= 15 is 0 Å². The second kappa shape index (κ2) is 9.18. The van der Waals surface area contributed by atoms with Crippen LogP contribution in [-0.2, 0) is 16.4 Å². The van der Waals surface area contributed by atoms with Crippen LogP contribution in [0.4, 0.5) is 5.13 Å². The summed E-state index contributed by atoms with van der Waals surface area (Å²) < 4.78 is 28.1. The zero-order valence-corrected chi connectivity index (χ0v) is 20.0. The third-order valence-corrected chi connectivity index (χ3v) is 9.06. The number of anilines is 1. The van der Waals surface area contributed by atoms with Crippen molar-refractivity contribution in [2.75, 3.05) is 31.1 Å². The van der Waals surface area contributed by atoms with Gasteiger partial charge in [-0.2, -0.15) is 4.31 Å². The van der Waals surface area contributed by atoms with Crippen molar-refractivity contribution in [1.82, 2.24) is 9.29 Å². The Bertz CT molecular complexity index is 1110. The molecule has 0 radical (unpaired) electrons. The number of halogens is 1. The minimum absolute atomic E-state index is 0.321. The smallest absolute Gasteiger partial charge is 0.244 e. The van der Waals surface area contributed by atoms with Crippen LogP contribution >= 0.6 is 27.3 Å². The average molecular weight is 506 g/mol. The molecule has 0 spiro atoms. The normalized spacial score (nSPS) is 15.5. The van der Waals surface area contributed by atoms with Crippen LogP contribution in [0.25, 0.3) is 11.3 Å². The molecule has 1 fully saturated rings. The summed E-state index contributed by atoms with van der Waals surface area (Å²) in [6, 6.07) is 15.6. The van der Waals surface area contributed by atoms with Crippen molar-refractivity contribution in [3.05, 3.63) is 63.9 Å². The lowest BCUT2D eigenvalue weighted by Gasteiger charge is -2.33. The average Bonchev–Trinajstić information content (AvgIpc) is 3.25. The Kier molecular flexibility index (Phi) is 6.57. The molecule has 2 heterocycles. The summed E-state index contributed by atoms with van der Waals surface area (Å²) in [5.74, 6) is 0. The predicted octanol–water partition coefficient (Wildman–Crippen LogP) is 5.04. The Morgan fingerprint density at radius 1 is 1.03 bits per heavy atom. The highest BCUT2D eigenvalue weighted by Crippen LogP contribution is 2.30. The topological polar surface area (TPSA) is 53.5 Å². The first-order valence-electron chi connectivity index (χ1n) is 10.0. The highest BCUT2D eigenvalue weighted by molar-refractivity contribution is 9.10.